The molecule has 0 spiro atoms. The van der Waals surface area contributed by atoms with Gasteiger partial charge in [-0.1, -0.05) is 0 Å². The van der Waals surface area contributed by atoms with Gasteiger partial charge in [0.25, 0.3) is 0 Å². The molecule has 2 aromatic rings. The monoisotopic (exact) mass is 316 g/mol. The summed E-state index contributed by atoms with van der Waals surface area (Å²) in [5.41, 5.74) is 7.51. The van der Waals surface area contributed by atoms with Crippen molar-refractivity contribution in [3.05, 3.63) is 48.3 Å². The van der Waals surface area contributed by atoms with Gasteiger partial charge in [-0.15, -0.1) is 0 Å². The van der Waals surface area contributed by atoms with Gasteiger partial charge in [0.1, 0.15) is 17.3 Å². The number of nitrogens with one attached hydrogen (secondary N) is 1. The van der Waals surface area contributed by atoms with E-state index < -0.39 is 0 Å². The average molecular weight is 316 g/mol. The normalized spacial score (nSPS) is 21.0. The third-order valence-corrected chi connectivity index (χ3v) is 4.13. The van der Waals surface area contributed by atoms with Gasteiger partial charge in [0, 0.05) is 12.1 Å². The zero-order valence-electron chi connectivity index (χ0n) is 12.8. The maximum absolute atomic E-state index is 12.9. The molecule has 0 bridgehead atoms. The summed E-state index contributed by atoms with van der Waals surface area (Å²) in [7, 11) is 0. The van der Waals surface area contributed by atoms with E-state index >= 15 is 0 Å². The van der Waals surface area contributed by atoms with E-state index in [4.69, 9.17) is 10.5 Å². The van der Waals surface area contributed by atoms with Crippen molar-refractivity contribution in [3.63, 3.8) is 0 Å². The van der Waals surface area contributed by atoms with Crippen molar-refractivity contribution in [3.8, 4) is 11.5 Å². The minimum Gasteiger partial charge on any atom is -0.457 e. The Morgan fingerprint density at radius 1 is 1.00 bits per heavy atom. The van der Waals surface area contributed by atoms with E-state index in [-0.39, 0.29) is 11.9 Å². The van der Waals surface area contributed by atoms with Crippen molar-refractivity contribution in [2.24, 2.45) is 0 Å². The largest absolute Gasteiger partial charge is 0.457 e. The number of halogens is 1. The Balaban J connectivity index is 1.70. The number of nitrogens with two attached hydrogens (primary N) is 1. The third kappa shape index (κ3) is 4.13. The van der Waals surface area contributed by atoms with Crippen molar-refractivity contribution in [2.45, 2.75) is 37.8 Å². The van der Waals surface area contributed by atoms with Gasteiger partial charge in [-0.05, 0) is 62.1 Å². The molecule has 0 heterocycles. The minimum absolute atomic E-state index is 0.182. The number of nitrogen functional groups attached to an aromatic ring is 1. The lowest BCUT2D eigenvalue weighted by Gasteiger charge is -2.27. The van der Waals surface area contributed by atoms with Gasteiger partial charge in [0.05, 0.1) is 17.5 Å². The molecular weight excluding hydrogens is 295 g/mol. The zero-order chi connectivity index (χ0) is 16.2. The summed E-state index contributed by atoms with van der Waals surface area (Å²) in [6, 6.07) is 11.6. The molecule has 122 valence electrons. The number of hydrogen-bond acceptors (Lipinski definition) is 4. The van der Waals surface area contributed by atoms with Crippen molar-refractivity contribution in [1.29, 1.82) is 0 Å². The highest BCUT2D eigenvalue weighted by Crippen LogP contribution is 2.31. The number of anilines is 2. The van der Waals surface area contributed by atoms with Crippen LogP contribution < -0.4 is 15.8 Å². The van der Waals surface area contributed by atoms with Gasteiger partial charge in [0.2, 0.25) is 0 Å². The molecule has 1 fully saturated rings. The summed E-state index contributed by atoms with van der Waals surface area (Å²) in [4.78, 5) is 0. The number of ether oxygens (including phenoxy) is 1. The summed E-state index contributed by atoms with van der Waals surface area (Å²) < 4.78 is 18.7. The van der Waals surface area contributed by atoms with E-state index in [1.54, 1.807) is 24.3 Å². The molecule has 4 nitrogen and oxygen atoms in total. The first-order valence-corrected chi connectivity index (χ1v) is 7.88. The topological polar surface area (TPSA) is 67.5 Å². The molecule has 4 N–H and O–H groups in total. The van der Waals surface area contributed by atoms with Crippen LogP contribution >= 0.6 is 0 Å². The Labute approximate surface area is 135 Å². The van der Waals surface area contributed by atoms with E-state index in [0.29, 0.717) is 23.2 Å². The second-order valence-corrected chi connectivity index (χ2v) is 5.95. The van der Waals surface area contributed by atoms with Crippen LogP contribution in [0.5, 0.6) is 11.5 Å². The first kappa shape index (κ1) is 15.6. The lowest BCUT2D eigenvalue weighted by atomic mass is 9.93. The van der Waals surface area contributed by atoms with E-state index in [9.17, 15) is 9.50 Å². The van der Waals surface area contributed by atoms with Crippen LogP contribution in [-0.4, -0.2) is 17.3 Å². The van der Waals surface area contributed by atoms with Crippen molar-refractivity contribution in [1.82, 2.24) is 0 Å². The molecule has 0 saturated heterocycles. The van der Waals surface area contributed by atoms with Crippen LogP contribution in [0.1, 0.15) is 25.7 Å². The van der Waals surface area contributed by atoms with E-state index in [1.165, 1.54) is 12.1 Å². The van der Waals surface area contributed by atoms with Gasteiger partial charge in [-0.2, -0.15) is 0 Å². The maximum Gasteiger partial charge on any atom is 0.129 e. The molecule has 3 rings (SSSR count). The number of rotatable bonds is 4. The number of benzene rings is 2. The summed E-state index contributed by atoms with van der Waals surface area (Å²) in [5.74, 6) is 0.920. The van der Waals surface area contributed by atoms with Gasteiger partial charge in [-0.3, -0.25) is 0 Å². The molecule has 0 aliphatic heterocycles. The fraction of sp³-hybridized carbons (Fsp3) is 0.333. The lowest BCUT2D eigenvalue weighted by Crippen LogP contribution is -2.28. The highest BCUT2D eigenvalue weighted by atomic mass is 19.1. The minimum atomic E-state index is -0.295. The van der Waals surface area contributed by atoms with Crippen LogP contribution in [0.25, 0.3) is 0 Å². The third-order valence-electron chi connectivity index (χ3n) is 4.13. The summed E-state index contributed by atoms with van der Waals surface area (Å²) in [6.45, 7) is 0. The number of aliphatic hydroxyl groups is 1. The highest BCUT2D eigenvalue weighted by Gasteiger charge is 2.19. The predicted molar refractivity (Wildman–Crippen MR) is 89.2 cm³/mol. The lowest BCUT2D eigenvalue weighted by molar-refractivity contribution is 0.126. The number of hydrogen-bond donors (Lipinski definition) is 3. The van der Waals surface area contributed by atoms with Crippen molar-refractivity contribution < 1.29 is 14.2 Å². The summed E-state index contributed by atoms with van der Waals surface area (Å²) in [5, 5.41) is 13.0. The molecule has 2 aromatic carbocycles. The Morgan fingerprint density at radius 3 is 2.35 bits per heavy atom. The van der Waals surface area contributed by atoms with Gasteiger partial charge >= 0.3 is 0 Å². The van der Waals surface area contributed by atoms with Crippen LogP contribution in [0.15, 0.2) is 42.5 Å². The Morgan fingerprint density at radius 2 is 1.65 bits per heavy atom. The first-order chi connectivity index (χ1) is 11.1. The fourth-order valence-corrected chi connectivity index (χ4v) is 2.80. The van der Waals surface area contributed by atoms with Crippen molar-refractivity contribution >= 4 is 11.4 Å². The second-order valence-electron chi connectivity index (χ2n) is 5.95. The molecule has 1 saturated carbocycles. The second kappa shape index (κ2) is 6.87. The average Bonchev–Trinajstić information content (AvgIpc) is 2.55. The van der Waals surface area contributed by atoms with Crippen molar-refractivity contribution in [2.75, 3.05) is 11.1 Å². The van der Waals surface area contributed by atoms with E-state index in [0.717, 1.165) is 31.4 Å². The fourth-order valence-electron chi connectivity index (χ4n) is 2.80. The van der Waals surface area contributed by atoms with Crippen LogP contribution in [0.4, 0.5) is 15.8 Å². The summed E-state index contributed by atoms with van der Waals surface area (Å²) >= 11 is 0. The quantitative estimate of drug-likeness (QED) is 0.748. The first-order valence-electron chi connectivity index (χ1n) is 7.88. The molecule has 1 aliphatic carbocycles. The van der Waals surface area contributed by atoms with Crippen LogP contribution in [-0.2, 0) is 0 Å². The van der Waals surface area contributed by atoms with E-state index in [2.05, 4.69) is 5.32 Å². The molecule has 5 heteroatoms. The van der Waals surface area contributed by atoms with Gasteiger partial charge in [-0.25, -0.2) is 4.39 Å². The maximum atomic E-state index is 12.9. The Hall–Kier alpha value is -2.27. The summed E-state index contributed by atoms with van der Waals surface area (Å²) in [6.07, 6.45) is 3.28. The van der Waals surface area contributed by atoms with Gasteiger partial charge in [0.15, 0.2) is 0 Å². The molecule has 23 heavy (non-hydrogen) atoms. The predicted octanol–water partition coefficient (Wildman–Crippen LogP) is 3.92. The smallest absolute Gasteiger partial charge is 0.129 e. The highest BCUT2D eigenvalue weighted by molar-refractivity contribution is 5.68. The van der Waals surface area contributed by atoms with E-state index in [1.807, 2.05) is 6.07 Å². The van der Waals surface area contributed by atoms with Crippen LogP contribution in [0.2, 0.25) is 0 Å². The zero-order valence-corrected chi connectivity index (χ0v) is 12.8. The Bertz CT molecular complexity index is 653. The molecule has 0 aromatic heterocycles. The standard InChI is InChI=1S/C18H21FN2O2/c19-12-1-7-15(8-2-12)23-16-9-10-17(20)18(11-16)21-13-3-5-14(22)6-4-13/h1-2,7-11,13-14,21-22H,3-6,20H2. The molecular formula is C18H21FN2O2. The molecule has 0 amide bonds. The SMILES string of the molecule is Nc1ccc(Oc2ccc(F)cc2)cc1NC1CCC(O)CC1. The molecule has 0 radical (unpaired) electrons. The molecule has 0 atom stereocenters. The Kier molecular flexibility index (Phi) is 4.67. The number of aliphatic hydroxyl groups excluding tert-OH is 1. The van der Waals surface area contributed by atoms with Crippen LogP contribution in [0.3, 0.4) is 0 Å². The molecule has 0 unspecified atom stereocenters. The van der Waals surface area contributed by atoms with Gasteiger partial charge < -0.3 is 20.9 Å². The van der Waals surface area contributed by atoms with Crippen LogP contribution in [0, 0.1) is 5.82 Å². The molecule has 1 aliphatic rings.